The Morgan fingerprint density at radius 2 is 0.929 bits per heavy atom. The number of rotatable bonds is 42. The van der Waals surface area contributed by atoms with Crippen LogP contribution in [-0.4, -0.2) is 46.9 Å². The van der Waals surface area contributed by atoms with Crippen LogP contribution >= 0.6 is 0 Å². The Morgan fingerprint density at radius 1 is 0.518 bits per heavy atom. The lowest BCUT2D eigenvalue weighted by atomic mass is 10.0. The average Bonchev–Trinajstić information content (AvgIpc) is 3.19. The molecule has 0 aromatic rings. The van der Waals surface area contributed by atoms with Gasteiger partial charge in [0.05, 0.1) is 25.2 Å². The highest BCUT2D eigenvalue weighted by atomic mass is 16.5. The molecule has 0 aromatic carbocycles. The first-order chi connectivity index (χ1) is 27.5. The highest BCUT2D eigenvalue weighted by molar-refractivity contribution is 5.77. The first-order valence-electron chi connectivity index (χ1n) is 23.9. The number of amides is 1. The summed E-state index contributed by atoms with van der Waals surface area (Å²) in [5.74, 6) is -0.519. The fourth-order valence-electron chi connectivity index (χ4n) is 7.01. The number of carbonyl (C=O) groups excluding carboxylic acids is 2. The van der Waals surface area contributed by atoms with Crippen LogP contribution in [0.4, 0.5) is 0 Å². The first kappa shape index (κ1) is 53.8. The predicted octanol–water partition coefficient (Wildman–Crippen LogP) is 13.9. The predicted molar refractivity (Wildman–Crippen MR) is 241 cm³/mol. The Kier molecular flexibility index (Phi) is 42.2. The molecule has 1 amide bonds. The summed E-state index contributed by atoms with van der Waals surface area (Å²) in [4.78, 5) is 26.0. The van der Waals surface area contributed by atoms with Gasteiger partial charge in [0.1, 0.15) is 6.10 Å². The molecule has 0 aliphatic rings. The second-order valence-corrected chi connectivity index (χ2v) is 16.2. The van der Waals surface area contributed by atoms with E-state index in [0.717, 1.165) is 77.0 Å². The van der Waals surface area contributed by atoms with Gasteiger partial charge in [-0.3, -0.25) is 9.59 Å². The molecule has 6 nitrogen and oxygen atoms in total. The minimum atomic E-state index is -0.796. The second kappa shape index (κ2) is 43.9. The van der Waals surface area contributed by atoms with Crippen molar-refractivity contribution in [3.8, 4) is 0 Å². The lowest BCUT2D eigenvalue weighted by Crippen LogP contribution is -2.46. The summed E-state index contributed by atoms with van der Waals surface area (Å²) in [5.41, 5.74) is 0. The summed E-state index contributed by atoms with van der Waals surface area (Å²) >= 11 is 0. The smallest absolute Gasteiger partial charge is 0.306 e. The normalized spacial score (nSPS) is 13.7. The van der Waals surface area contributed by atoms with Crippen LogP contribution in [0.5, 0.6) is 0 Å². The van der Waals surface area contributed by atoms with E-state index in [1.54, 1.807) is 0 Å². The Morgan fingerprint density at radius 3 is 1.46 bits per heavy atom. The number of esters is 1. The number of carbonyl (C=O) groups is 2. The number of unbranched alkanes of at least 4 members (excludes halogenated alkanes) is 24. The van der Waals surface area contributed by atoms with Gasteiger partial charge in [0, 0.05) is 6.42 Å². The number of aliphatic hydroxyl groups excluding tert-OH is 2. The van der Waals surface area contributed by atoms with E-state index in [9.17, 15) is 19.8 Å². The molecule has 0 rings (SSSR count). The molecular weight excluding hydrogens is 695 g/mol. The van der Waals surface area contributed by atoms with Gasteiger partial charge in [0.15, 0.2) is 0 Å². The Hall–Kier alpha value is -2.18. The number of aliphatic hydroxyl groups is 2. The average molecular weight is 786 g/mol. The third kappa shape index (κ3) is 38.7. The summed E-state index contributed by atoms with van der Waals surface area (Å²) in [5, 5.41) is 23.6. The summed E-state index contributed by atoms with van der Waals surface area (Å²) in [6.45, 7) is 6.40. The van der Waals surface area contributed by atoms with Gasteiger partial charge in [-0.1, -0.05) is 191 Å². The monoisotopic (exact) mass is 786 g/mol. The quantitative estimate of drug-likeness (QED) is 0.0248. The van der Waals surface area contributed by atoms with Gasteiger partial charge in [-0.25, -0.2) is 0 Å². The van der Waals surface area contributed by atoms with Crippen molar-refractivity contribution in [2.24, 2.45) is 0 Å². The molecular formula is C50H91NO5. The molecule has 0 saturated carbocycles. The molecule has 0 radical (unpaired) electrons. The van der Waals surface area contributed by atoms with E-state index >= 15 is 0 Å². The molecule has 0 spiro atoms. The third-order valence-electron chi connectivity index (χ3n) is 10.7. The summed E-state index contributed by atoms with van der Waals surface area (Å²) in [6.07, 6.45) is 51.7. The van der Waals surface area contributed by atoms with E-state index in [2.05, 4.69) is 74.7 Å². The minimum Gasteiger partial charge on any atom is -0.462 e. The van der Waals surface area contributed by atoms with E-state index in [1.165, 1.54) is 109 Å². The molecule has 0 aliphatic heterocycles. The molecule has 3 unspecified atom stereocenters. The maximum absolute atomic E-state index is 13.1. The summed E-state index contributed by atoms with van der Waals surface area (Å²) in [6, 6.07) is -0.712. The van der Waals surface area contributed by atoms with Crippen LogP contribution < -0.4 is 5.32 Å². The van der Waals surface area contributed by atoms with Gasteiger partial charge < -0.3 is 20.3 Å². The Bertz CT molecular complexity index is 972. The van der Waals surface area contributed by atoms with Gasteiger partial charge in [-0.15, -0.1) is 0 Å². The molecule has 3 atom stereocenters. The van der Waals surface area contributed by atoms with Crippen molar-refractivity contribution in [1.82, 2.24) is 5.32 Å². The third-order valence-corrected chi connectivity index (χ3v) is 10.7. The lowest BCUT2D eigenvalue weighted by Gasteiger charge is -2.24. The summed E-state index contributed by atoms with van der Waals surface area (Å²) in [7, 11) is 0. The van der Waals surface area contributed by atoms with Crippen LogP contribution in [0, 0.1) is 0 Å². The van der Waals surface area contributed by atoms with Gasteiger partial charge in [-0.2, -0.15) is 0 Å². The molecule has 3 N–H and O–H groups in total. The standard InChI is InChI=1S/C50H91NO5/c1-4-7-10-13-16-19-21-23-24-25-26-27-30-32-35-38-41-46(56-50(55)43-40-37-34-31-28-22-20-17-14-11-8-5-2)44-49(54)51-47(45-52)48(53)42-39-36-33-29-18-15-12-9-6-3/h17,20-21,23-27,46-48,52-53H,4-16,18-19,22,28-45H2,1-3H3,(H,51,54)/b20-17-,23-21+,25-24+,27-26+. The van der Waals surface area contributed by atoms with Crippen molar-refractivity contribution in [3.63, 3.8) is 0 Å². The molecule has 0 aromatic heterocycles. The molecule has 0 fully saturated rings. The maximum atomic E-state index is 13.1. The Labute approximate surface area is 346 Å². The van der Waals surface area contributed by atoms with E-state index in [0.29, 0.717) is 19.3 Å². The lowest BCUT2D eigenvalue weighted by molar-refractivity contribution is -0.151. The molecule has 0 heterocycles. The molecule has 6 heteroatoms. The number of nitrogens with one attached hydrogen (secondary N) is 1. The molecule has 0 saturated heterocycles. The zero-order valence-electron chi connectivity index (χ0n) is 37.0. The zero-order valence-corrected chi connectivity index (χ0v) is 37.0. The molecule has 0 aliphatic carbocycles. The van der Waals surface area contributed by atoms with Crippen molar-refractivity contribution in [2.75, 3.05) is 6.61 Å². The van der Waals surface area contributed by atoms with Gasteiger partial charge in [0.2, 0.25) is 5.91 Å². The SMILES string of the molecule is CCCCC/C=C\CCCCCCCC(=O)OC(CCCCC/C=C/C=C/C=C/CCCCCCC)CC(=O)NC(CO)C(O)CCCCCCCCCCC. The number of hydrogen-bond acceptors (Lipinski definition) is 5. The highest BCUT2D eigenvalue weighted by Gasteiger charge is 2.24. The van der Waals surface area contributed by atoms with E-state index in [1.807, 2.05) is 0 Å². The minimum absolute atomic E-state index is 0.0515. The van der Waals surface area contributed by atoms with Crippen molar-refractivity contribution < 1.29 is 24.5 Å². The van der Waals surface area contributed by atoms with Gasteiger partial charge >= 0.3 is 5.97 Å². The maximum Gasteiger partial charge on any atom is 0.306 e. The van der Waals surface area contributed by atoms with Crippen molar-refractivity contribution >= 4 is 11.9 Å². The number of hydrogen-bond donors (Lipinski definition) is 3. The molecule has 0 bridgehead atoms. The topological polar surface area (TPSA) is 95.9 Å². The fraction of sp³-hybridized carbons (Fsp3) is 0.800. The van der Waals surface area contributed by atoms with Crippen molar-refractivity contribution in [2.45, 2.75) is 251 Å². The van der Waals surface area contributed by atoms with E-state index < -0.39 is 18.2 Å². The zero-order chi connectivity index (χ0) is 41.0. The van der Waals surface area contributed by atoms with E-state index in [-0.39, 0.29) is 24.9 Å². The molecule has 56 heavy (non-hydrogen) atoms. The fourth-order valence-corrected chi connectivity index (χ4v) is 7.01. The summed E-state index contributed by atoms with van der Waals surface area (Å²) < 4.78 is 5.89. The van der Waals surface area contributed by atoms with Gasteiger partial charge in [-0.05, 0) is 77.0 Å². The van der Waals surface area contributed by atoms with Crippen molar-refractivity contribution in [3.05, 3.63) is 48.6 Å². The Balaban J connectivity index is 4.70. The highest BCUT2D eigenvalue weighted by Crippen LogP contribution is 2.17. The molecule has 326 valence electrons. The van der Waals surface area contributed by atoms with Crippen molar-refractivity contribution in [1.29, 1.82) is 0 Å². The number of ether oxygens (including phenoxy) is 1. The van der Waals surface area contributed by atoms with Crippen LogP contribution in [0.2, 0.25) is 0 Å². The largest absolute Gasteiger partial charge is 0.462 e. The van der Waals surface area contributed by atoms with E-state index in [4.69, 9.17) is 4.74 Å². The second-order valence-electron chi connectivity index (χ2n) is 16.2. The first-order valence-corrected chi connectivity index (χ1v) is 23.9. The van der Waals surface area contributed by atoms with Crippen LogP contribution in [0.15, 0.2) is 48.6 Å². The number of allylic oxidation sites excluding steroid dienone is 8. The van der Waals surface area contributed by atoms with Crippen LogP contribution in [0.1, 0.15) is 233 Å². The van der Waals surface area contributed by atoms with Gasteiger partial charge in [0.25, 0.3) is 0 Å². The van der Waals surface area contributed by atoms with Crippen LogP contribution in [0.3, 0.4) is 0 Å². The van der Waals surface area contributed by atoms with Crippen LogP contribution in [-0.2, 0) is 14.3 Å². The van der Waals surface area contributed by atoms with Crippen LogP contribution in [0.25, 0.3) is 0 Å².